The number of hydrogen-bond donors (Lipinski definition) is 2. The van der Waals surface area contributed by atoms with Crippen LogP contribution in [0.5, 0.6) is 0 Å². The zero-order chi connectivity index (χ0) is 20.7. The number of rotatable bonds is 8. The lowest BCUT2D eigenvalue weighted by Crippen LogP contribution is -2.50. The van der Waals surface area contributed by atoms with Crippen molar-refractivity contribution < 1.29 is 42.5 Å². The van der Waals surface area contributed by atoms with Crippen LogP contribution >= 0.6 is 0 Å². The highest BCUT2D eigenvalue weighted by atomic mass is 19.1. The third-order valence-electron chi connectivity index (χ3n) is 3.83. The van der Waals surface area contributed by atoms with E-state index in [1.165, 1.54) is 6.92 Å². The Labute approximate surface area is 153 Å². The summed E-state index contributed by atoms with van der Waals surface area (Å²) in [5.41, 5.74) is -0.0146. The van der Waals surface area contributed by atoms with E-state index in [1.807, 2.05) is 0 Å². The standard InChI is InChI=1S/C17H19F2NO7/c1-8(13(16(24)26-2)17(25)27-3)14(15(22)23)20-12(21)6-9-4-10(18)7-11(19)5-9/h4-5,7-8,13-14H,6H2,1-3H3,(H,20,21)(H,22,23)/t8-,14-/m1/s1. The minimum atomic E-state index is -1.65. The van der Waals surface area contributed by atoms with Crippen molar-refractivity contribution in [2.45, 2.75) is 19.4 Å². The number of halogens is 2. The van der Waals surface area contributed by atoms with Crippen LogP contribution in [0, 0.1) is 23.5 Å². The molecule has 0 bridgehead atoms. The van der Waals surface area contributed by atoms with Crippen molar-refractivity contribution in [1.29, 1.82) is 0 Å². The smallest absolute Gasteiger partial charge is 0.326 e. The van der Waals surface area contributed by atoms with Crippen molar-refractivity contribution in [2.75, 3.05) is 14.2 Å². The van der Waals surface area contributed by atoms with E-state index in [0.717, 1.165) is 26.4 Å². The fraction of sp³-hybridized carbons (Fsp3) is 0.412. The summed E-state index contributed by atoms with van der Waals surface area (Å²) < 4.78 is 35.3. The molecule has 0 spiro atoms. The average Bonchev–Trinajstić information content (AvgIpc) is 2.57. The SMILES string of the molecule is COC(=O)C(C(=O)OC)[C@@H](C)[C@@H](NC(=O)Cc1cc(F)cc(F)c1)C(=O)O. The van der Waals surface area contributed by atoms with Gasteiger partial charge in [0.25, 0.3) is 0 Å². The van der Waals surface area contributed by atoms with Crippen molar-refractivity contribution >= 4 is 23.8 Å². The number of carboxylic acids is 1. The number of amides is 1. The van der Waals surface area contributed by atoms with E-state index in [9.17, 15) is 33.1 Å². The fourth-order valence-electron chi connectivity index (χ4n) is 2.51. The number of methoxy groups -OCH3 is 2. The second-order valence-electron chi connectivity index (χ2n) is 5.72. The third-order valence-corrected chi connectivity index (χ3v) is 3.83. The molecular weight excluding hydrogens is 368 g/mol. The monoisotopic (exact) mass is 387 g/mol. The van der Waals surface area contributed by atoms with Gasteiger partial charge < -0.3 is 19.9 Å². The van der Waals surface area contributed by atoms with Gasteiger partial charge in [0, 0.05) is 12.0 Å². The molecule has 0 radical (unpaired) electrons. The first-order chi connectivity index (χ1) is 12.6. The van der Waals surface area contributed by atoms with Crippen LogP contribution in [0.15, 0.2) is 18.2 Å². The normalized spacial score (nSPS) is 12.8. The van der Waals surface area contributed by atoms with Gasteiger partial charge in [-0.25, -0.2) is 13.6 Å². The molecule has 1 amide bonds. The third kappa shape index (κ3) is 6.01. The predicted octanol–water partition coefficient (Wildman–Crippen LogP) is 0.675. The van der Waals surface area contributed by atoms with Gasteiger partial charge in [-0.1, -0.05) is 6.92 Å². The first kappa shape index (κ1) is 22.0. The fourth-order valence-corrected chi connectivity index (χ4v) is 2.51. The molecule has 1 aromatic rings. The van der Waals surface area contributed by atoms with Gasteiger partial charge in [-0.2, -0.15) is 0 Å². The molecule has 27 heavy (non-hydrogen) atoms. The topological polar surface area (TPSA) is 119 Å². The van der Waals surface area contributed by atoms with E-state index < -0.39 is 59.7 Å². The molecule has 0 unspecified atom stereocenters. The van der Waals surface area contributed by atoms with Gasteiger partial charge in [0.2, 0.25) is 5.91 Å². The van der Waals surface area contributed by atoms with Gasteiger partial charge >= 0.3 is 17.9 Å². The molecule has 0 fully saturated rings. The second-order valence-corrected chi connectivity index (χ2v) is 5.72. The molecule has 10 heteroatoms. The van der Waals surface area contributed by atoms with Crippen LogP contribution in [0.1, 0.15) is 12.5 Å². The molecule has 8 nitrogen and oxygen atoms in total. The largest absolute Gasteiger partial charge is 0.480 e. The molecule has 148 valence electrons. The molecular formula is C17H19F2NO7. The van der Waals surface area contributed by atoms with Gasteiger partial charge in [-0.15, -0.1) is 0 Å². The van der Waals surface area contributed by atoms with Crippen LogP contribution in [-0.4, -0.2) is 49.2 Å². The average molecular weight is 387 g/mol. The molecule has 1 rings (SSSR count). The lowest BCUT2D eigenvalue weighted by atomic mass is 9.87. The minimum Gasteiger partial charge on any atom is -0.480 e. The number of esters is 2. The number of benzene rings is 1. The Morgan fingerprint density at radius 1 is 1.04 bits per heavy atom. The van der Waals surface area contributed by atoms with Crippen LogP contribution in [-0.2, 0) is 35.1 Å². The highest BCUT2D eigenvalue weighted by molar-refractivity contribution is 5.96. The van der Waals surface area contributed by atoms with Crippen molar-refractivity contribution in [3.05, 3.63) is 35.4 Å². The molecule has 2 atom stereocenters. The maximum Gasteiger partial charge on any atom is 0.326 e. The quantitative estimate of drug-likeness (QED) is 0.497. The number of aliphatic carboxylic acids is 1. The Morgan fingerprint density at radius 3 is 1.93 bits per heavy atom. The summed E-state index contributed by atoms with van der Waals surface area (Å²) in [6, 6.07) is 0.821. The van der Waals surface area contributed by atoms with Crippen LogP contribution in [0.3, 0.4) is 0 Å². The maximum atomic E-state index is 13.2. The highest BCUT2D eigenvalue weighted by Crippen LogP contribution is 2.20. The second kappa shape index (κ2) is 9.60. The minimum absolute atomic E-state index is 0.0146. The number of hydrogen-bond acceptors (Lipinski definition) is 6. The summed E-state index contributed by atoms with van der Waals surface area (Å²) in [4.78, 5) is 47.3. The Bertz CT molecular complexity index is 702. The molecule has 0 aliphatic rings. The summed E-state index contributed by atoms with van der Waals surface area (Å²) in [6.07, 6.45) is -0.508. The lowest BCUT2D eigenvalue weighted by Gasteiger charge is -2.26. The van der Waals surface area contributed by atoms with E-state index >= 15 is 0 Å². The van der Waals surface area contributed by atoms with Crippen molar-refractivity contribution in [3.8, 4) is 0 Å². The molecule has 0 aliphatic carbocycles. The van der Waals surface area contributed by atoms with Gasteiger partial charge in [-0.05, 0) is 17.7 Å². The van der Waals surface area contributed by atoms with Gasteiger partial charge in [0.15, 0.2) is 5.92 Å². The molecule has 0 saturated carbocycles. The molecule has 0 saturated heterocycles. The first-order valence-corrected chi connectivity index (χ1v) is 7.73. The predicted molar refractivity (Wildman–Crippen MR) is 86.3 cm³/mol. The van der Waals surface area contributed by atoms with E-state index in [2.05, 4.69) is 14.8 Å². The van der Waals surface area contributed by atoms with Gasteiger partial charge in [-0.3, -0.25) is 14.4 Å². The zero-order valence-electron chi connectivity index (χ0n) is 14.8. The molecule has 0 aromatic heterocycles. The maximum absolute atomic E-state index is 13.2. The number of nitrogens with one attached hydrogen (secondary N) is 1. The number of carboxylic acid groups (broad SMARTS) is 1. The zero-order valence-corrected chi connectivity index (χ0v) is 14.8. The van der Waals surface area contributed by atoms with E-state index in [4.69, 9.17) is 0 Å². The van der Waals surface area contributed by atoms with Crippen LogP contribution in [0.4, 0.5) is 8.78 Å². The summed E-state index contributed by atoms with van der Waals surface area (Å²) in [6.45, 7) is 1.25. The van der Waals surface area contributed by atoms with Gasteiger partial charge in [0.05, 0.1) is 20.6 Å². The molecule has 1 aromatic carbocycles. The summed E-state index contributed by atoms with van der Waals surface area (Å²) >= 11 is 0. The lowest BCUT2D eigenvalue weighted by molar-refractivity contribution is -0.163. The Hall–Kier alpha value is -3.04. The summed E-state index contributed by atoms with van der Waals surface area (Å²) in [7, 11) is 2.02. The first-order valence-electron chi connectivity index (χ1n) is 7.73. The van der Waals surface area contributed by atoms with Crippen molar-refractivity contribution in [3.63, 3.8) is 0 Å². The van der Waals surface area contributed by atoms with E-state index in [-0.39, 0.29) is 5.56 Å². The summed E-state index contributed by atoms with van der Waals surface area (Å²) in [5, 5.41) is 11.5. The highest BCUT2D eigenvalue weighted by Gasteiger charge is 2.41. The molecule has 0 heterocycles. The Morgan fingerprint density at radius 2 is 1.52 bits per heavy atom. The van der Waals surface area contributed by atoms with Crippen LogP contribution in [0.2, 0.25) is 0 Å². The Kier molecular flexibility index (Phi) is 7.82. The van der Waals surface area contributed by atoms with Crippen LogP contribution < -0.4 is 5.32 Å². The van der Waals surface area contributed by atoms with Crippen molar-refractivity contribution in [1.82, 2.24) is 5.32 Å². The molecule has 2 N–H and O–H groups in total. The van der Waals surface area contributed by atoms with Crippen molar-refractivity contribution in [2.24, 2.45) is 11.8 Å². The number of carbonyl (C=O) groups is 4. The number of carbonyl (C=O) groups excluding carboxylic acids is 3. The van der Waals surface area contributed by atoms with E-state index in [1.54, 1.807) is 0 Å². The van der Waals surface area contributed by atoms with Crippen LogP contribution in [0.25, 0.3) is 0 Å². The number of ether oxygens (including phenoxy) is 2. The Balaban J connectivity index is 2.99. The van der Waals surface area contributed by atoms with Gasteiger partial charge in [0.1, 0.15) is 17.7 Å². The van der Waals surface area contributed by atoms with E-state index in [0.29, 0.717) is 6.07 Å². The molecule has 0 aliphatic heterocycles. The summed E-state index contributed by atoms with van der Waals surface area (Å²) in [5.74, 6) is -9.03.